The van der Waals surface area contributed by atoms with Gasteiger partial charge in [-0.1, -0.05) is 0 Å². The molecule has 1 amide bonds. The summed E-state index contributed by atoms with van der Waals surface area (Å²) in [5, 5.41) is 5.23. The van der Waals surface area contributed by atoms with E-state index in [4.69, 9.17) is 14.2 Å². The first-order valence-electron chi connectivity index (χ1n) is 7.27. The summed E-state index contributed by atoms with van der Waals surface area (Å²) in [5.74, 6) is -0.788. The van der Waals surface area contributed by atoms with Gasteiger partial charge in [0.1, 0.15) is 11.6 Å². The minimum atomic E-state index is -0.846. The Hall–Kier alpha value is -3.03. The van der Waals surface area contributed by atoms with Crippen LogP contribution < -0.4 is 24.8 Å². The molecule has 2 rings (SSSR count). The first-order chi connectivity index (χ1) is 12.0. The van der Waals surface area contributed by atoms with Crippen molar-refractivity contribution in [2.45, 2.75) is 0 Å². The van der Waals surface area contributed by atoms with E-state index in [1.54, 1.807) is 12.1 Å². The zero-order chi connectivity index (χ0) is 18.4. The Morgan fingerprint density at radius 3 is 2.16 bits per heavy atom. The number of rotatable bonds is 7. The van der Waals surface area contributed by atoms with Crippen molar-refractivity contribution < 1.29 is 27.8 Å². The van der Waals surface area contributed by atoms with Crippen molar-refractivity contribution in [3.05, 3.63) is 42.0 Å². The predicted octanol–water partition coefficient (Wildman–Crippen LogP) is 3.04. The number of carbonyl (C=O) groups excluding carboxylic acids is 1. The number of anilines is 2. The van der Waals surface area contributed by atoms with Crippen molar-refractivity contribution in [3.63, 3.8) is 0 Å². The molecule has 0 saturated heterocycles. The quantitative estimate of drug-likeness (QED) is 0.802. The molecule has 2 aromatic rings. The average molecular weight is 352 g/mol. The Kier molecular flexibility index (Phi) is 5.99. The number of methoxy groups -OCH3 is 3. The van der Waals surface area contributed by atoms with E-state index in [1.807, 2.05) is 0 Å². The second-order valence-electron chi connectivity index (χ2n) is 4.94. The predicted molar refractivity (Wildman–Crippen MR) is 89.6 cm³/mol. The first-order valence-corrected chi connectivity index (χ1v) is 7.27. The van der Waals surface area contributed by atoms with Crippen LogP contribution in [0, 0.1) is 11.6 Å². The lowest BCUT2D eigenvalue weighted by atomic mass is 10.2. The molecule has 0 saturated carbocycles. The van der Waals surface area contributed by atoms with Gasteiger partial charge in [-0.3, -0.25) is 4.79 Å². The lowest BCUT2D eigenvalue weighted by Crippen LogP contribution is -2.22. The van der Waals surface area contributed by atoms with Crippen LogP contribution in [0.25, 0.3) is 0 Å². The Labute approximate surface area is 143 Å². The standard InChI is InChI=1S/C17H18F2N2O4/c1-23-14-7-11(8-15(24-2)17(14)25-3)20-9-16(22)21-13-5-4-10(18)6-12(13)19/h4-8,20H,9H2,1-3H3,(H,21,22). The molecule has 0 aliphatic carbocycles. The van der Waals surface area contributed by atoms with Gasteiger partial charge >= 0.3 is 0 Å². The van der Waals surface area contributed by atoms with Gasteiger partial charge in [-0.15, -0.1) is 0 Å². The Balaban J connectivity index is 2.06. The van der Waals surface area contributed by atoms with E-state index < -0.39 is 17.5 Å². The van der Waals surface area contributed by atoms with Crippen molar-refractivity contribution in [2.24, 2.45) is 0 Å². The number of amides is 1. The molecule has 0 aliphatic heterocycles. The van der Waals surface area contributed by atoms with E-state index in [9.17, 15) is 13.6 Å². The minimum Gasteiger partial charge on any atom is -0.493 e. The van der Waals surface area contributed by atoms with Crippen LogP contribution in [-0.4, -0.2) is 33.8 Å². The molecule has 25 heavy (non-hydrogen) atoms. The number of hydrogen-bond donors (Lipinski definition) is 2. The molecular formula is C17H18F2N2O4. The van der Waals surface area contributed by atoms with Crippen LogP contribution in [0.4, 0.5) is 20.2 Å². The molecule has 0 spiro atoms. The first kappa shape index (κ1) is 18.3. The van der Waals surface area contributed by atoms with Crippen molar-refractivity contribution in [1.29, 1.82) is 0 Å². The third-order valence-corrected chi connectivity index (χ3v) is 3.32. The highest BCUT2D eigenvalue weighted by Gasteiger charge is 2.14. The fourth-order valence-electron chi connectivity index (χ4n) is 2.15. The van der Waals surface area contributed by atoms with E-state index >= 15 is 0 Å². The maximum Gasteiger partial charge on any atom is 0.243 e. The van der Waals surface area contributed by atoms with Crippen LogP contribution in [0.5, 0.6) is 17.2 Å². The lowest BCUT2D eigenvalue weighted by Gasteiger charge is -2.15. The van der Waals surface area contributed by atoms with Gasteiger partial charge in [0.05, 0.1) is 33.6 Å². The highest BCUT2D eigenvalue weighted by molar-refractivity contribution is 5.93. The average Bonchev–Trinajstić information content (AvgIpc) is 2.61. The number of nitrogens with one attached hydrogen (secondary N) is 2. The summed E-state index contributed by atoms with van der Waals surface area (Å²) < 4.78 is 42.0. The summed E-state index contributed by atoms with van der Waals surface area (Å²) >= 11 is 0. The summed E-state index contributed by atoms with van der Waals surface area (Å²) in [6, 6.07) is 6.18. The number of ether oxygens (including phenoxy) is 3. The smallest absolute Gasteiger partial charge is 0.243 e. The van der Waals surface area contributed by atoms with Crippen molar-refractivity contribution in [3.8, 4) is 17.2 Å². The van der Waals surface area contributed by atoms with Crippen molar-refractivity contribution in [2.75, 3.05) is 38.5 Å². The SMILES string of the molecule is COc1cc(NCC(=O)Nc2ccc(F)cc2F)cc(OC)c1OC. The lowest BCUT2D eigenvalue weighted by molar-refractivity contribution is -0.114. The number of carbonyl (C=O) groups is 1. The molecule has 0 bridgehead atoms. The monoisotopic (exact) mass is 352 g/mol. The van der Waals surface area contributed by atoms with Gasteiger partial charge < -0.3 is 24.8 Å². The third kappa shape index (κ3) is 4.50. The Bertz CT molecular complexity index is 743. The second-order valence-corrected chi connectivity index (χ2v) is 4.94. The molecule has 0 radical (unpaired) electrons. The van der Waals surface area contributed by atoms with E-state index in [0.717, 1.165) is 12.1 Å². The summed E-state index contributed by atoms with van der Waals surface area (Å²) in [6.07, 6.45) is 0. The molecule has 0 unspecified atom stereocenters. The van der Waals surface area contributed by atoms with Gasteiger partial charge in [0, 0.05) is 23.9 Å². The highest BCUT2D eigenvalue weighted by atomic mass is 19.1. The van der Waals surface area contributed by atoms with Crippen LogP contribution in [0.1, 0.15) is 0 Å². The van der Waals surface area contributed by atoms with Crippen LogP contribution in [0.3, 0.4) is 0 Å². The van der Waals surface area contributed by atoms with Crippen LogP contribution >= 0.6 is 0 Å². The molecule has 134 valence electrons. The number of hydrogen-bond acceptors (Lipinski definition) is 5. The molecule has 8 heteroatoms. The van der Waals surface area contributed by atoms with Gasteiger partial charge in [0.25, 0.3) is 0 Å². The van der Waals surface area contributed by atoms with Gasteiger partial charge in [0.15, 0.2) is 11.5 Å². The normalized spacial score (nSPS) is 10.1. The molecular weight excluding hydrogens is 334 g/mol. The molecule has 0 atom stereocenters. The largest absolute Gasteiger partial charge is 0.493 e. The topological polar surface area (TPSA) is 68.8 Å². The van der Waals surface area contributed by atoms with Crippen LogP contribution in [-0.2, 0) is 4.79 Å². The van der Waals surface area contributed by atoms with Crippen molar-refractivity contribution >= 4 is 17.3 Å². The zero-order valence-electron chi connectivity index (χ0n) is 14.0. The van der Waals surface area contributed by atoms with Crippen molar-refractivity contribution in [1.82, 2.24) is 0 Å². The Morgan fingerprint density at radius 1 is 1.00 bits per heavy atom. The maximum absolute atomic E-state index is 13.5. The van der Waals surface area contributed by atoms with Gasteiger partial charge in [0.2, 0.25) is 11.7 Å². The van der Waals surface area contributed by atoms with E-state index in [-0.39, 0.29) is 12.2 Å². The van der Waals surface area contributed by atoms with E-state index in [1.165, 1.54) is 21.3 Å². The van der Waals surface area contributed by atoms with E-state index in [2.05, 4.69) is 10.6 Å². The molecule has 2 N–H and O–H groups in total. The number of benzene rings is 2. The third-order valence-electron chi connectivity index (χ3n) is 3.32. The molecule has 0 aromatic heterocycles. The zero-order valence-corrected chi connectivity index (χ0v) is 14.0. The summed E-state index contributed by atoms with van der Waals surface area (Å²) in [7, 11) is 4.44. The molecule has 0 aliphatic rings. The van der Waals surface area contributed by atoms with Gasteiger partial charge in [-0.05, 0) is 12.1 Å². The fraction of sp³-hybridized carbons (Fsp3) is 0.235. The maximum atomic E-state index is 13.5. The van der Waals surface area contributed by atoms with Gasteiger partial charge in [-0.25, -0.2) is 8.78 Å². The minimum absolute atomic E-state index is 0.0990. The Morgan fingerprint density at radius 2 is 1.64 bits per heavy atom. The highest BCUT2D eigenvalue weighted by Crippen LogP contribution is 2.39. The van der Waals surface area contributed by atoms with Crippen LogP contribution in [0.2, 0.25) is 0 Å². The summed E-state index contributed by atoms with van der Waals surface area (Å²) in [4.78, 5) is 11.9. The number of halogens is 2. The summed E-state index contributed by atoms with van der Waals surface area (Å²) in [5.41, 5.74) is 0.447. The second kappa shape index (κ2) is 8.18. The van der Waals surface area contributed by atoms with Crippen LogP contribution in [0.15, 0.2) is 30.3 Å². The molecule has 2 aromatic carbocycles. The summed E-state index contributed by atoms with van der Waals surface area (Å²) in [6.45, 7) is -0.143. The van der Waals surface area contributed by atoms with Gasteiger partial charge in [-0.2, -0.15) is 0 Å². The molecule has 6 nitrogen and oxygen atoms in total. The molecule has 0 heterocycles. The fourth-order valence-corrected chi connectivity index (χ4v) is 2.15. The van der Waals surface area contributed by atoms with E-state index in [0.29, 0.717) is 29.0 Å². The molecule has 0 fully saturated rings.